The Hall–Kier alpha value is -1.53. The molecule has 0 fully saturated rings. The lowest BCUT2D eigenvalue weighted by atomic mass is 10.1. The van der Waals surface area contributed by atoms with Gasteiger partial charge in [0.1, 0.15) is 11.8 Å². The molecule has 6 heteroatoms. The van der Waals surface area contributed by atoms with Crippen molar-refractivity contribution < 1.29 is 8.78 Å². The molecule has 0 radical (unpaired) electrons. The van der Waals surface area contributed by atoms with Crippen LogP contribution in [-0.4, -0.2) is 4.98 Å². The average Bonchev–Trinajstić information content (AvgIpc) is 2.28. The van der Waals surface area contributed by atoms with Gasteiger partial charge in [-0.2, -0.15) is 10.5 Å². The van der Waals surface area contributed by atoms with E-state index < -0.39 is 6.43 Å². The van der Waals surface area contributed by atoms with Crippen LogP contribution in [-0.2, 0) is 11.8 Å². The molecular weight excluding hydrogens is 280 g/mol. The lowest BCUT2D eigenvalue weighted by molar-refractivity contribution is 0.150. The van der Waals surface area contributed by atoms with Gasteiger partial charge in [-0.3, -0.25) is 0 Å². The van der Waals surface area contributed by atoms with Crippen LogP contribution in [0.3, 0.4) is 0 Å². The number of alkyl halides is 3. The molecular formula is C10H6BrF2N3. The van der Waals surface area contributed by atoms with Crippen LogP contribution in [0.4, 0.5) is 8.78 Å². The quantitative estimate of drug-likeness (QED) is 0.803. The normalized spacial score (nSPS) is 9.88. The topological polar surface area (TPSA) is 60.5 Å². The maximum absolute atomic E-state index is 12.6. The van der Waals surface area contributed by atoms with Gasteiger partial charge in [-0.25, -0.2) is 13.8 Å². The molecule has 0 N–H and O–H groups in total. The highest BCUT2D eigenvalue weighted by molar-refractivity contribution is 9.08. The minimum Gasteiger partial charge on any atom is -0.240 e. The van der Waals surface area contributed by atoms with Crippen molar-refractivity contribution >= 4 is 15.9 Å². The van der Waals surface area contributed by atoms with Crippen molar-refractivity contribution in [3.8, 4) is 12.1 Å². The van der Waals surface area contributed by atoms with Crippen LogP contribution in [0, 0.1) is 22.7 Å². The molecule has 0 unspecified atom stereocenters. The molecule has 1 aromatic rings. The molecule has 0 aliphatic carbocycles. The first-order chi connectivity index (χ1) is 7.63. The number of rotatable bonds is 3. The number of aromatic nitrogens is 1. The molecule has 0 spiro atoms. The molecule has 0 saturated heterocycles. The van der Waals surface area contributed by atoms with Crippen molar-refractivity contribution in [2.45, 2.75) is 18.2 Å². The van der Waals surface area contributed by atoms with Crippen molar-refractivity contribution in [3.63, 3.8) is 0 Å². The van der Waals surface area contributed by atoms with Gasteiger partial charge < -0.3 is 0 Å². The van der Waals surface area contributed by atoms with Crippen LogP contribution >= 0.6 is 15.9 Å². The third-order valence-corrected chi connectivity index (χ3v) is 2.48. The van der Waals surface area contributed by atoms with Crippen molar-refractivity contribution in [2.24, 2.45) is 0 Å². The van der Waals surface area contributed by atoms with Gasteiger partial charge in [-0.1, -0.05) is 15.9 Å². The van der Waals surface area contributed by atoms with Crippen molar-refractivity contribution in [1.82, 2.24) is 4.98 Å². The Labute approximate surface area is 99.5 Å². The van der Waals surface area contributed by atoms with E-state index in [0.29, 0.717) is 0 Å². The lowest BCUT2D eigenvalue weighted by Gasteiger charge is -2.08. The highest BCUT2D eigenvalue weighted by atomic mass is 79.9. The zero-order chi connectivity index (χ0) is 12.1. The summed E-state index contributed by atoms with van der Waals surface area (Å²) in [5, 5.41) is 17.4. The van der Waals surface area contributed by atoms with Gasteiger partial charge in [0.15, 0.2) is 0 Å². The SMILES string of the molecule is N#CCc1cc(C(F)F)c(CBr)nc1C#N. The van der Waals surface area contributed by atoms with Crippen LogP contribution in [0.15, 0.2) is 6.07 Å². The highest BCUT2D eigenvalue weighted by Crippen LogP contribution is 2.25. The smallest absolute Gasteiger partial charge is 0.240 e. The van der Waals surface area contributed by atoms with E-state index in [4.69, 9.17) is 10.5 Å². The second-order valence-electron chi connectivity index (χ2n) is 2.91. The minimum atomic E-state index is -2.66. The van der Waals surface area contributed by atoms with Gasteiger partial charge >= 0.3 is 0 Å². The van der Waals surface area contributed by atoms with E-state index in [-0.39, 0.29) is 34.3 Å². The summed E-state index contributed by atoms with van der Waals surface area (Å²) in [6.45, 7) is 0. The van der Waals surface area contributed by atoms with Gasteiger partial charge in [-0.05, 0) is 6.07 Å². The predicted octanol–water partition coefficient (Wildman–Crippen LogP) is 2.85. The molecule has 1 rings (SSSR count). The highest BCUT2D eigenvalue weighted by Gasteiger charge is 2.17. The summed E-state index contributed by atoms with van der Waals surface area (Å²) in [5.74, 6) is 0. The molecule has 0 atom stereocenters. The minimum absolute atomic E-state index is 0.0281. The first kappa shape index (κ1) is 12.5. The number of pyridine rings is 1. The van der Waals surface area contributed by atoms with Gasteiger partial charge in [0.05, 0.1) is 18.2 Å². The van der Waals surface area contributed by atoms with Crippen molar-refractivity contribution in [1.29, 1.82) is 10.5 Å². The fraction of sp³-hybridized carbons (Fsp3) is 0.300. The van der Waals surface area contributed by atoms with Crippen molar-refractivity contribution in [2.75, 3.05) is 0 Å². The van der Waals surface area contributed by atoms with Crippen LogP contribution < -0.4 is 0 Å². The van der Waals surface area contributed by atoms with Gasteiger partial charge in [0.2, 0.25) is 0 Å². The number of halogens is 3. The second-order valence-corrected chi connectivity index (χ2v) is 3.47. The lowest BCUT2D eigenvalue weighted by Crippen LogP contribution is -2.03. The van der Waals surface area contributed by atoms with E-state index in [9.17, 15) is 8.78 Å². The molecule has 1 aromatic heterocycles. The molecule has 0 amide bonds. The van der Waals surface area contributed by atoms with E-state index in [2.05, 4.69) is 20.9 Å². The maximum atomic E-state index is 12.6. The number of nitrogens with zero attached hydrogens (tertiary/aromatic N) is 3. The first-order valence-electron chi connectivity index (χ1n) is 4.27. The zero-order valence-corrected chi connectivity index (χ0v) is 9.63. The van der Waals surface area contributed by atoms with E-state index in [0.717, 1.165) is 0 Å². The van der Waals surface area contributed by atoms with E-state index in [1.165, 1.54) is 6.07 Å². The largest absolute Gasteiger partial charge is 0.265 e. The molecule has 0 aliphatic heterocycles. The summed E-state index contributed by atoms with van der Waals surface area (Å²) < 4.78 is 25.3. The van der Waals surface area contributed by atoms with Crippen LogP contribution in [0.2, 0.25) is 0 Å². The van der Waals surface area contributed by atoms with Crippen LogP contribution in [0.25, 0.3) is 0 Å². The average molecular weight is 286 g/mol. The van der Waals surface area contributed by atoms with E-state index >= 15 is 0 Å². The molecule has 0 bridgehead atoms. The third-order valence-electron chi connectivity index (χ3n) is 1.95. The van der Waals surface area contributed by atoms with Gasteiger partial charge in [-0.15, -0.1) is 0 Å². The monoisotopic (exact) mass is 285 g/mol. The predicted molar refractivity (Wildman–Crippen MR) is 55.9 cm³/mol. The number of nitriles is 2. The first-order valence-corrected chi connectivity index (χ1v) is 5.40. The summed E-state index contributed by atoms with van der Waals surface area (Å²) in [5.41, 5.74) is 0.166. The maximum Gasteiger partial charge on any atom is 0.265 e. The van der Waals surface area contributed by atoms with Gasteiger partial charge in [0.25, 0.3) is 6.43 Å². The number of hydrogen-bond donors (Lipinski definition) is 0. The summed E-state index contributed by atoms with van der Waals surface area (Å²) in [7, 11) is 0. The summed E-state index contributed by atoms with van der Waals surface area (Å²) in [6.07, 6.45) is -2.76. The van der Waals surface area contributed by atoms with Crippen LogP contribution in [0.1, 0.15) is 28.9 Å². The summed E-state index contributed by atoms with van der Waals surface area (Å²) in [4.78, 5) is 3.81. The molecule has 0 saturated carbocycles. The Morgan fingerprint density at radius 3 is 2.56 bits per heavy atom. The Bertz CT molecular complexity index is 474. The molecule has 0 aliphatic rings. The Morgan fingerprint density at radius 2 is 2.12 bits per heavy atom. The third kappa shape index (κ3) is 2.53. The molecule has 0 aromatic carbocycles. The Balaban J connectivity index is 3.37. The number of hydrogen-bond acceptors (Lipinski definition) is 3. The molecule has 1 heterocycles. The van der Waals surface area contributed by atoms with Crippen LogP contribution in [0.5, 0.6) is 0 Å². The second kappa shape index (κ2) is 5.53. The fourth-order valence-corrected chi connectivity index (χ4v) is 1.67. The Morgan fingerprint density at radius 1 is 1.44 bits per heavy atom. The molecule has 82 valence electrons. The van der Waals surface area contributed by atoms with E-state index in [1.54, 1.807) is 6.07 Å². The Kier molecular flexibility index (Phi) is 4.33. The standard InChI is InChI=1S/C10H6BrF2N3/c11-4-8-7(10(12)13)3-6(1-2-14)9(5-15)16-8/h3,10H,1,4H2. The summed E-state index contributed by atoms with van der Waals surface area (Å²) >= 11 is 3.03. The van der Waals surface area contributed by atoms with E-state index in [1.807, 2.05) is 6.07 Å². The molecule has 16 heavy (non-hydrogen) atoms. The molecule has 3 nitrogen and oxygen atoms in total. The fourth-order valence-electron chi connectivity index (χ4n) is 1.22. The zero-order valence-electron chi connectivity index (χ0n) is 8.04. The summed E-state index contributed by atoms with van der Waals surface area (Å²) in [6, 6.07) is 4.78. The van der Waals surface area contributed by atoms with Gasteiger partial charge in [0, 0.05) is 16.5 Å². The van der Waals surface area contributed by atoms with Crippen molar-refractivity contribution in [3.05, 3.63) is 28.6 Å².